The van der Waals surface area contributed by atoms with Gasteiger partial charge >= 0.3 is 11.6 Å². The van der Waals surface area contributed by atoms with Crippen molar-refractivity contribution in [2.24, 2.45) is 0 Å². The summed E-state index contributed by atoms with van der Waals surface area (Å²) >= 11 is 0. The van der Waals surface area contributed by atoms with E-state index in [1.165, 1.54) is 20.0 Å². The van der Waals surface area contributed by atoms with Crippen LogP contribution in [0.2, 0.25) is 0 Å². The average Bonchev–Trinajstić information content (AvgIpc) is 2.30. The van der Waals surface area contributed by atoms with Crippen molar-refractivity contribution in [2.45, 2.75) is 38.5 Å². The fourth-order valence-corrected chi connectivity index (χ4v) is 2.18. The highest BCUT2D eigenvalue weighted by Crippen LogP contribution is 2.19. The first-order chi connectivity index (χ1) is 8.22. The van der Waals surface area contributed by atoms with Crippen molar-refractivity contribution in [3.05, 3.63) is 33.4 Å². The molecule has 1 aromatic heterocycles. The number of hydrogen-bond acceptors (Lipinski definition) is 4. The third-order valence-corrected chi connectivity index (χ3v) is 3.12. The molecule has 0 unspecified atom stereocenters. The standard InChI is InChI=1S/C13H16O4/c1-16-12(14)10-8-9-6-4-2-3-5-7-11(9)17-13(10)15/h8H,2-7H2,1H3. The van der Waals surface area contributed by atoms with Crippen LogP contribution < -0.4 is 5.63 Å². The van der Waals surface area contributed by atoms with Gasteiger partial charge in [-0.2, -0.15) is 0 Å². The molecule has 0 fully saturated rings. The maximum atomic E-state index is 11.6. The highest BCUT2D eigenvalue weighted by molar-refractivity contribution is 5.88. The molecule has 1 aromatic rings. The third kappa shape index (κ3) is 2.57. The minimum Gasteiger partial charge on any atom is -0.465 e. The van der Waals surface area contributed by atoms with E-state index in [0.717, 1.165) is 37.0 Å². The van der Waals surface area contributed by atoms with Gasteiger partial charge in [0, 0.05) is 6.42 Å². The molecule has 17 heavy (non-hydrogen) atoms. The quantitative estimate of drug-likeness (QED) is 0.700. The van der Waals surface area contributed by atoms with Crippen LogP contribution in [0.3, 0.4) is 0 Å². The van der Waals surface area contributed by atoms with Crippen molar-refractivity contribution in [3.8, 4) is 0 Å². The van der Waals surface area contributed by atoms with Crippen LogP contribution in [-0.2, 0) is 17.6 Å². The first-order valence-corrected chi connectivity index (χ1v) is 5.96. The lowest BCUT2D eigenvalue weighted by Crippen LogP contribution is -2.18. The topological polar surface area (TPSA) is 56.5 Å². The van der Waals surface area contributed by atoms with Crippen LogP contribution in [0.1, 0.15) is 47.4 Å². The largest absolute Gasteiger partial charge is 0.465 e. The maximum Gasteiger partial charge on any atom is 0.350 e. The first-order valence-electron chi connectivity index (χ1n) is 5.96. The molecule has 4 nitrogen and oxygen atoms in total. The van der Waals surface area contributed by atoms with Crippen LogP contribution in [0, 0.1) is 0 Å². The maximum absolute atomic E-state index is 11.6. The summed E-state index contributed by atoms with van der Waals surface area (Å²) in [7, 11) is 1.26. The zero-order chi connectivity index (χ0) is 12.3. The monoisotopic (exact) mass is 236 g/mol. The van der Waals surface area contributed by atoms with Crippen LogP contribution in [0.25, 0.3) is 0 Å². The highest BCUT2D eigenvalue weighted by Gasteiger charge is 2.17. The van der Waals surface area contributed by atoms with Crippen LogP contribution >= 0.6 is 0 Å². The number of carbonyl (C=O) groups excluding carboxylic acids is 1. The SMILES string of the molecule is COC(=O)c1cc2c(oc1=O)CCCCCC2. The van der Waals surface area contributed by atoms with Crippen LogP contribution in [0.4, 0.5) is 0 Å². The van der Waals surface area contributed by atoms with E-state index >= 15 is 0 Å². The smallest absolute Gasteiger partial charge is 0.350 e. The Bertz CT molecular complexity index is 473. The number of methoxy groups -OCH3 is 1. The lowest BCUT2D eigenvalue weighted by atomic mass is 9.97. The Balaban J connectivity index is 2.42. The molecule has 92 valence electrons. The average molecular weight is 236 g/mol. The van der Waals surface area contributed by atoms with E-state index in [1.807, 2.05) is 0 Å². The van der Waals surface area contributed by atoms with Crippen LogP contribution in [-0.4, -0.2) is 13.1 Å². The molecule has 4 heteroatoms. The Hall–Kier alpha value is -1.58. The van der Waals surface area contributed by atoms with E-state index in [1.54, 1.807) is 6.07 Å². The van der Waals surface area contributed by atoms with Crippen molar-refractivity contribution in [1.29, 1.82) is 0 Å². The van der Waals surface area contributed by atoms with Gasteiger partial charge < -0.3 is 9.15 Å². The summed E-state index contributed by atoms with van der Waals surface area (Å²) in [6.07, 6.45) is 6.11. The lowest BCUT2D eigenvalue weighted by molar-refractivity contribution is 0.0595. The molecular weight excluding hydrogens is 220 g/mol. The van der Waals surface area contributed by atoms with E-state index in [9.17, 15) is 9.59 Å². The van der Waals surface area contributed by atoms with Gasteiger partial charge in [0.2, 0.25) is 0 Å². The van der Waals surface area contributed by atoms with Crippen LogP contribution in [0.5, 0.6) is 0 Å². The Morgan fingerprint density at radius 2 is 1.94 bits per heavy atom. The minimum atomic E-state index is -0.622. The van der Waals surface area contributed by atoms with E-state index in [0.29, 0.717) is 0 Å². The lowest BCUT2D eigenvalue weighted by Gasteiger charge is -2.12. The van der Waals surface area contributed by atoms with E-state index in [2.05, 4.69) is 4.74 Å². The van der Waals surface area contributed by atoms with Gasteiger partial charge in [-0.25, -0.2) is 9.59 Å². The normalized spacial score (nSPS) is 15.6. The highest BCUT2D eigenvalue weighted by atomic mass is 16.5. The molecule has 0 bridgehead atoms. The second-order valence-electron chi connectivity index (χ2n) is 4.30. The predicted molar refractivity (Wildman–Crippen MR) is 62.2 cm³/mol. The van der Waals surface area contributed by atoms with Crippen LogP contribution in [0.15, 0.2) is 15.3 Å². The Morgan fingerprint density at radius 1 is 1.24 bits per heavy atom. The molecule has 0 atom stereocenters. The molecule has 1 aliphatic carbocycles. The molecule has 0 amide bonds. The third-order valence-electron chi connectivity index (χ3n) is 3.12. The summed E-state index contributed by atoms with van der Waals surface area (Å²) in [4.78, 5) is 23.0. The summed E-state index contributed by atoms with van der Waals surface area (Å²) in [5, 5.41) is 0. The van der Waals surface area contributed by atoms with Gasteiger partial charge in [-0.1, -0.05) is 12.8 Å². The zero-order valence-electron chi connectivity index (χ0n) is 9.95. The van der Waals surface area contributed by atoms with Gasteiger partial charge in [0.1, 0.15) is 11.3 Å². The number of carbonyl (C=O) groups is 1. The molecule has 1 aliphatic rings. The number of aryl methyl sites for hydroxylation is 2. The Labute approximate surface area is 99.6 Å². The van der Waals surface area contributed by atoms with Crippen molar-refractivity contribution in [3.63, 3.8) is 0 Å². The van der Waals surface area contributed by atoms with Gasteiger partial charge in [-0.15, -0.1) is 0 Å². The minimum absolute atomic E-state index is 0.00632. The molecule has 0 saturated carbocycles. The van der Waals surface area contributed by atoms with Gasteiger partial charge in [-0.05, 0) is 30.9 Å². The summed E-state index contributed by atoms with van der Waals surface area (Å²) in [5.41, 5.74) is 0.396. The van der Waals surface area contributed by atoms with E-state index in [4.69, 9.17) is 4.42 Å². The number of ether oxygens (including phenoxy) is 1. The van der Waals surface area contributed by atoms with Crippen molar-refractivity contribution in [1.82, 2.24) is 0 Å². The molecule has 0 aromatic carbocycles. The second kappa shape index (κ2) is 5.17. The van der Waals surface area contributed by atoms with Gasteiger partial charge in [-0.3, -0.25) is 0 Å². The molecule has 0 aliphatic heterocycles. The fourth-order valence-electron chi connectivity index (χ4n) is 2.18. The van der Waals surface area contributed by atoms with E-state index < -0.39 is 11.6 Å². The Kier molecular flexibility index (Phi) is 3.61. The van der Waals surface area contributed by atoms with Gasteiger partial charge in [0.25, 0.3) is 0 Å². The summed E-state index contributed by atoms with van der Waals surface area (Å²) in [5.74, 6) is 0.117. The molecule has 0 radical (unpaired) electrons. The summed E-state index contributed by atoms with van der Waals surface area (Å²) in [6, 6.07) is 1.64. The molecule has 1 heterocycles. The summed E-state index contributed by atoms with van der Waals surface area (Å²) < 4.78 is 9.80. The summed E-state index contributed by atoms with van der Waals surface area (Å²) in [6.45, 7) is 0. The number of esters is 1. The van der Waals surface area contributed by atoms with Gasteiger partial charge in [0.15, 0.2) is 0 Å². The molecule has 0 saturated heterocycles. The predicted octanol–water partition coefficient (Wildman–Crippen LogP) is 2.09. The zero-order valence-corrected chi connectivity index (χ0v) is 9.95. The second-order valence-corrected chi connectivity index (χ2v) is 4.30. The molecule has 0 spiro atoms. The van der Waals surface area contributed by atoms with Gasteiger partial charge in [0.05, 0.1) is 7.11 Å². The number of rotatable bonds is 1. The van der Waals surface area contributed by atoms with Crippen molar-refractivity contribution < 1.29 is 13.9 Å². The molecule has 2 rings (SSSR count). The fraction of sp³-hybridized carbons (Fsp3) is 0.538. The molecular formula is C13H16O4. The number of hydrogen-bond donors (Lipinski definition) is 0. The first kappa shape index (κ1) is 11.9. The number of fused-ring (bicyclic) bond motifs is 1. The van der Waals surface area contributed by atoms with Crippen molar-refractivity contribution in [2.75, 3.05) is 7.11 Å². The van der Waals surface area contributed by atoms with E-state index in [-0.39, 0.29) is 5.56 Å². The van der Waals surface area contributed by atoms with Crippen molar-refractivity contribution >= 4 is 5.97 Å². The molecule has 0 N–H and O–H groups in total. The Morgan fingerprint density at radius 3 is 2.65 bits per heavy atom.